The summed E-state index contributed by atoms with van der Waals surface area (Å²) in [6.07, 6.45) is -3.55. The average Bonchev–Trinajstić information content (AvgIpc) is 2.61. The topological polar surface area (TPSA) is 107 Å². The van der Waals surface area contributed by atoms with E-state index in [1.54, 1.807) is 20.8 Å². The molecule has 0 saturated heterocycles. The highest BCUT2D eigenvalue weighted by Crippen LogP contribution is 2.39. The number of carboxylic acid groups (broad SMARTS) is 1. The Morgan fingerprint density at radius 1 is 1.26 bits per heavy atom. The van der Waals surface area contributed by atoms with Crippen LogP contribution in [0.2, 0.25) is 5.15 Å². The molecule has 1 aromatic carbocycles. The lowest BCUT2D eigenvalue weighted by atomic mass is 9.84. The van der Waals surface area contributed by atoms with Gasteiger partial charge in [0.2, 0.25) is 0 Å². The Hall–Kier alpha value is -2.15. The van der Waals surface area contributed by atoms with Crippen LogP contribution in [0.25, 0.3) is 0 Å². The third-order valence-corrected chi connectivity index (χ3v) is 5.87. The van der Waals surface area contributed by atoms with Crippen molar-refractivity contribution in [2.45, 2.75) is 43.8 Å². The molecule has 0 radical (unpaired) electrons. The van der Waals surface area contributed by atoms with E-state index in [0.29, 0.717) is 12.1 Å². The van der Waals surface area contributed by atoms with Crippen LogP contribution in [0.1, 0.15) is 38.4 Å². The summed E-state index contributed by atoms with van der Waals surface area (Å²) >= 11 is 4.19. The van der Waals surface area contributed by atoms with Gasteiger partial charge < -0.3 is 14.4 Å². The van der Waals surface area contributed by atoms with E-state index in [-0.39, 0.29) is 16.4 Å². The maximum atomic E-state index is 14.5. The molecule has 7 nitrogen and oxygen atoms in total. The van der Waals surface area contributed by atoms with Gasteiger partial charge >= 0.3 is 12.3 Å². The van der Waals surface area contributed by atoms with Crippen LogP contribution in [0.3, 0.4) is 0 Å². The molecular formula is C18H18ClF4N3O4S. The van der Waals surface area contributed by atoms with Crippen molar-refractivity contribution in [2.24, 2.45) is 0 Å². The molecule has 31 heavy (non-hydrogen) atoms. The number of alkyl halides is 3. The number of aromatic nitrogens is 2. The zero-order chi connectivity index (χ0) is 23.6. The highest BCUT2D eigenvalue weighted by molar-refractivity contribution is 7.90. The second-order valence-electron chi connectivity index (χ2n) is 7.35. The summed E-state index contributed by atoms with van der Waals surface area (Å²) in [5.41, 5.74) is -2.38. The van der Waals surface area contributed by atoms with Gasteiger partial charge in [-0.15, -0.1) is 17.9 Å². The first-order chi connectivity index (χ1) is 14.2. The van der Waals surface area contributed by atoms with E-state index in [0.717, 1.165) is 6.07 Å². The lowest BCUT2D eigenvalue weighted by molar-refractivity contribution is -0.275. The summed E-state index contributed by atoms with van der Waals surface area (Å²) in [6, 6.07) is 2.33. The van der Waals surface area contributed by atoms with Crippen molar-refractivity contribution in [1.82, 2.24) is 14.7 Å². The highest BCUT2D eigenvalue weighted by Gasteiger charge is 2.47. The average molecular weight is 484 g/mol. The molecular weight excluding hydrogens is 466 g/mol. The van der Waals surface area contributed by atoms with Crippen LogP contribution in [-0.2, 0) is 21.7 Å². The molecule has 0 saturated carbocycles. The summed E-state index contributed by atoms with van der Waals surface area (Å²) in [4.78, 5) is 19.6. The van der Waals surface area contributed by atoms with Crippen LogP contribution in [0.5, 0.6) is 5.75 Å². The summed E-state index contributed by atoms with van der Waals surface area (Å²) in [6.45, 7) is 4.79. The number of nitrogens with zero attached hydrogens (tertiary/aromatic N) is 2. The first-order valence-corrected chi connectivity index (χ1v) is 10.1. The van der Waals surface area contributed by atoms with Crippen LogP contribution in [0.15, 0.2) is 30.6 Å². The number of carbonyl (C=O) groups is 1. The number of rotatable bonds is 7. The fourth-order valence-corrected chi connectivity index (χ4v) is 3.76. The Morgan fingerprint density at radius 3 is 2.35 bits per heavy atom. The Kier molecular flexibility index (Phi) is 7.41. The molecule has 1 aromatic heterocycles. The van der Waals surface area contributed by atoms with Gasteiger partial charge in [0.25, 0.3) is 0 Å². The predicted octanol–water partition coefficient (Wildman–Crippen LogP) is 3.94. The fraction of sp³-hybridized carbons (Fsp3) is 0.389. The molecule has 2 aromatic rings. The highest BCUT2D eigenvalue weighted by atomic mass is 35.5. The zero-order valence-corrected chi connectivity index (χ0v) is 18.0. The third kappa shape index (κ3) is 6.19. The number of nitrogens with one attached hydrogen (secondary N) is 1. The molecule has 0 amide bonds. The molecule has 170 valence electrons. The molecule has 13 heteroatoms. The summed E-state index contributed by atoms with van der Waals surface area (Å²) in [7, 11) is 0. The quantitative estimate of drug-likeness (QED) is 0.453. The minimum Gasteiger partial charge on any atom is -0.598 e. The number of hydrogen-bond donors (Lipinski definition) is 2. The van der Waals surface area contributed by atoms with Gasteiger partial charge in [0.1, 0.15) is 16.0 Å². The van der Waals surface area contributed by atoms with Crippen LogP contribution >= 0.6 is 11.6 Å². The molecule has 0 spiro atoms. The number of benzene rings is 1. The maximum absolute atomic E-state index is 14.5. The predicted molar refractivity (Wildman–Crippen MR) is 104 cm³/mol. The number of aliphatic carboxylic acids is 1. The molecule has 0 aliphatic heterocycles. The summed E-state index contributed by atoms with van der Waals surface area (Å²) < 4.78 is 70.2. The standard InChI is InChI=1S/C18H18ClF4N3O4S/c1-16(2,3)31(29)26-17(9-13(27)28,14-15(19)25-7-6-24-14)10-4-5-12(11(20)8-10)30-18(21,22)23/h4-8,26H,9H2,1-3H3,(H,27,28). The lowest BCUT2D eigenvalue weighted by Crippen LogP contribution is -2.53. The Bertz CT molecular complexity index is 958. The Labute approximate surface area is 183 Å². The number of halogens is 5. The van der Waals surface area contributed by atoms with Crippen molar-refractivity contribution in [3.63, 3.8) is 0 Å². The summed E-state index contributed by atoms with van der Waals surface area (Å²) in [5, 5.41) is 9.29. The minimum absolute atomic E-state index is 0.193. The van der Waals surface area contributed by atoms with Crippen molar-refractivity contribution in [3.05, 3.63) is 52.8 Å². The first kappa shape index (κ1) is 25.1. The van der Waals surface area contributed by atoms with Gasteiger partial charge in [-0.05, 0) is 38.5 Å². The van der Waals surface area contributed by atoms with Gasteiger partial charge in [-0.1, -0.05) is 17.7 Å². The fourth-order valence-electron chi connectivity index (χ4n) is 2.59. The molecule has 0 aliphatic carbocycles. The molecule has 2 atom stereocenters. The van der Waals surface area contributed by atoms with E-state index in [1.807, 2.05) is 0 Å². The number of hydrogen-bond acceptors (Lipinski definition) is 6. The molecule has 2 N–H and O–H groups in total. The molecule has 0 aliphatic rings. The van der Waals surface area contributed by atoms with Gasteiger partial charge in [0.15, 0.2) is 16.7 Å². The van der Waals surface area contributed by atoms with Gasteiger partial charge in [-0.3, -0.25) is 9.78 Å². The first-order valence-electron chi connectivity index (χ1n) is 8.60. The number of carboxylic acids is 1. The second kappa shape index (κ2) is 9.15. The van der Waals surface area contributed by atoms with Crippen molar-refractivity contribution in [3.8, 4) is 5.75 Å². The molecule has 2 rings (SSSR count). The van der Waals surface area contributed by atoms with Crippen molar-refractivity contribution in [1.29, 1.82) is 0 Å². The van der Waals surface area contributed by atoms with Gasteiger partial charge in [0.05, 0.1) is 6.42 Å². The Balaban J connectivity index is 2.75. The molecule has 2 unspecified atom stereocenters. The van der Waals surface area contributed by atoms with Gasteiger partial charge in [-0.2, -0.15) is 0 Å². The van der Waals surface area contributed by atoms with E-state index < -0.39 is 52.0 Å². The van der Waals surface area contributed by atoms with Crippen molar-refractivity contribution >= 4 is 28.9 Å². The maximum Gasteiger partial charge on any atom is 0.573 e. The molecule has 0 bridgehead atoms. The monoisotopic (exact) mass is 483 g/mol. The van der Waals surface area contributed by atoms with Crippen LogP contribution in [0.4, 0.5) is 17.6 Å². The van der Waals surface area contributed by atoms with Gasteiger partial charge in [-0.25, -0.2) is 9.37 Å². The normalized spacial score (nSPS) is 15.3. The molecule has 0 fully saturated rings. The van der Waals surface area contributed by atoms with E-state index in [2.05, 4.69) is 19.4 Å². The Morgan fingerprint density at radius 2 is 1.87 bits per heavy atom. The summed E-state index contributed by atoms with van der Waals surface area (Å²) in [5.74, 6) is -3.95. The van der Waals surface area contributed by atoms with Crippen molar-refractivity contribution in [2.75, 3.05) is 0 Å². The SMILES string of the molecule is CC(C)(C)[S+]([O-])NC(CC(=O)O)(c1ccc(OC(F)(F)F)c(F)c1)c1nccnc1Cl. The number of ether oxygens (including phenoxy) is 1. The van der Waals surface area contributed by atoms with Crippen molar-refractivity contribution < 1.29 is 36.8 Å². The smallest absolute Gasteiger partial charge is 0.573 e. The van der Waals surface area contributed by atoms with Crippen LogP contribution < -0.4 is 9.46 Å². The van der Waals surface area contributed by atoms with E-state index in [4.69, 9.17) is 11.6 Å². The van der Waals surface area contributed by atoms with Crippen LogP contribution in [0, 0.1) is 5.82 Å². The largest absolute Gasteiger partial charge is 0.598 e. The molecule has 1 heterocycles. The van der Waals surface area contributed by atoms with E-state index in [9.17, 15) is 32.0 Å². The van der Waals surface area contributed by atoms with Gasteiger partial charge in [0, 0.05) is 23.8 Å². The van der Waals surface area contributed by atoms with E-state index in [1.165, 1.54) is 12.4 Å². The lowest BCUT2D eigenvalue weighted by Gasteiger charge is -2.36. The van der Waals surface area contributed by atoms with E-state index >= 15 is 0 Å². The zero-order valence-electron chi connectivity index (χ0n) is 16.5. The van der Waals surface area contributed by atoms with Crippen LogP contribution in [-0.4, -0.2) is 36.7 Å². The minimum atomic E-state index is -5.14. The third-order valence-electron chi connectivity index (χ3n) is 3.95. The second-order valence-corrected chi connectivity index (χ2v) is 9.67.